The molecule has 1 aromatic heterocycles. The molecule has 0 radical (unpaired) electrons. The summed E-state index contributed by atoms with van der Waals surface area (Å²) in [5.74, 6) is 0.494. The molecule has 2 aliphatic heterocycles. The van der Waals surface area contributed by atoms with Crippen molar-refractivity contribution in [3.8, 4) is 0 Å². The van der Waals surface area contributed by atoms with Crippen molar-refractivity contribution in [1.29, 1.82) is 0 Å². The van der Waals surface area contributed by atoms with Gasteiger partial charge in [-0.3, -0.25) is 14.6 Å². The van der Waals surface area contributed by atoms with Gasteiger partial charge in [-0.1, -0.05) is 18.9 Å². The van der Waals surface area contributed by atoms with Gasteiger partial charge in [-0.15, -0.1) is 0 Å². The van der Waals surface area contributed by atoms with Crippen LogP contribution in [0.25, 0.3) is 0 Å². The van der Waals surface area contributed by atoms with Gasteiger partial charge in [0.1, 0.15) is 0 Å². The topological polar surface area (TPSA) is 53.5 Å². The van der Waals surface area contributed by atoms with Gasteiger partial charge >= 0.3 is 0 Å². The first-order valence-electron chi connectivity index (χ1n) is 10.2. The Morgan fingerprint density at radius 1 is 1.15 bits per heavy atom. The SMILES string of the molecule is O=C(CCc1ccccn1)N1CC[C@@]2(CCCN(C3CCCC3)C2=O)C1. The highest BCUT2D eigenvalue weighted by Crippen LogP contribution is 2.42. The highest BCUT2D eigenvalue weighted by atomic mass is 16.2. The fourth-order valence-corrected chi connectivity index (χ4v) is 5.07. The number of rotatable bonds is 4. The number of likely N-dealkylation sites (tertiary alicyclic amines) is 2. The Morgan fingerprint density at radius 2 is 2.00 bits per heavy atom. The van der Waals surface area contributed by atoms with Crippen molar-refractivity contribution in [2.24, 2.45) is 5.41 Å². The maximum atomic E-state index is 13.3. The van der Waals surface area contributed by atoms with Gasteiger partial charge in [0.05, 0.1) is 5.41 Å². The van der Waals surface area contributed by atoms with Crippen LogP contribution in [0.2, 0.25) is 0 Å². The lowest BCUT2D eigenvalue weighted by molar-refractivity contribution is -0.148. The van der Waals surface area contributed by atoms with Crippen molar-refractivity contribution >= 4 is 11.8 Å². The van der Waals surface area contributed by atoms with Crippen LogP contribution in [-0.2, 0) is 16.0 Å². The lowest BCUT2D eigenvalue weighted by atomic mass is 9.77. The summed E-state index contributed by atoms with van der Waals surface area (Å²) in [7, 11) is 0. The van der Waals surface area contributed by atoms with Gasteiger partial charge in [0.25, 0.3) is 0 Å². The van der Waals surface area contributed by atoms with Crippen molar-refractivity contribution in [3.63, 3.8) is 0 Å². The summed E-state index contributed by atoms with van der Waals surface area (Å²) < 4.78 is 0. The zero-order valence-corrected chi connectivity index (χ0v) is 15.5. The number of nitrogens with zero attached hydrogens (tertiary/aromatic N) is 3. The van der Waals surface area contributed by atoms with Gasteiger partial charge in [0, 0.05) is 44.0 Å². The third kappa shape index (κ3) is 3.36. The van der Waals surface area contributed by atoms with E-state index >= 15 is 0 Å². The normalized spacial score (nSPS) is 26.8. The van der Waals surface area contributed by atoms with Crippen LogP contribution in [0.4, 0.5) is 0 Å². The fraction of sp³-hybridized carbons (Fsp3) is 0.667. The second-order valence-electron chi connectivity index (χ2n) is 8.21. The van der Waals surface area contributed by atoms with E-state index in [-0.39, 0.29) is 11.3 Å². The molecule has 4 rings (SSSR count). The molecular formula is C21H29N3O2. The molecule has 1 saturated carbocycles. The highest BCUT2D eigenvalue weighted by molar-refractivity contribution is 5.86. The number of carbonyl (C=O) groups excluding carboxylic acids is 2. The van der Waals surface area contributed by atoms with Gasteiger partial charge in [-0.05, 0) is 50.7 Å². The molecule has 2 amide bonds. The van der Waals surface area contributed by atoms with E-state index in [4.69, 9.17) is 0 Å². The predicted molar refractivity (Wildman–Crippen MR) is 99.4 cm³/mol. The number of aromatic nitrogens is 1. The lowest BCUT2D eigenvalue weighted by Crippen LogP contribution is -2.53. The maximum absolute atomic E-state index is 13.3. The molecule has 3 aliphatic rings. The summed E-state index contributed by atoms with van der Waals surface area (Å²) >= 11 is 0. The van der Waals surface area contributed by atoms with Gasteiger partial charge in [0.2, 0.25) is 11.8 Å². The third-order valence-electron chi connectivity index (χ3n) is 6.56. The summed E-state index contributed by atoms with van der Waals surface area (Å²) in [6.45, 7) is 2.26. The molecule has 0 N–H and O–H groups in total. The van der Waals surface area contributed by atoms with Crippen LogP contribution in [-0.4, -0.2) is 52.3 Å². The molecular weight excluding hydrogens is 326 g/mol. The summed E-state index contributed by atoms with van der Waals surface area (Å²) in [4.78, 5) is 34.3. The van der Waals surface area contributed by atoms with Crippen LogP contribution >= 0.6 is 0 Å². The molecule has 5 heteroatoms. The molecule has 1 atom stereocenters. The summed E-state index contributed by atoms with van der Waals surface area (Å²) in [6.07, 6.45) is 10.6. The molecule has 0 unspecified atom stereocenters. The van der Waals surface area contributed by atoms with Crippen LogP contribution in [0, 0.1) is 5.41 Å². The number of carbonyl (C=O) groups is 2. The number of hydrogen-bond donors (Lipinski definition) is 0. The number of hydrogen-bond acceptors (Lipinski definition) is 3. The first kappa shape index (κ1) is 17.5. The van der Waals surface area contributed by atoms with E-state index in [1.165, 1.54) is 12.8 Å². The minimum atomic E-state index is -0.304. The van der Waals surface area contributed by atoms with E-state index in [9.17, 15) is 9.59 Å². The Bertz CT molecular complexity index is 656. The molecule has 3 heterocycles. The summed E-state index contributed by atoms with van der Waals surface area (Å²) in [5.41, 5.74) is 0.650. The van der Waals surface area contributed by atoms with Gasteiger partial charge in [-0.25, -0.2) is 0 Å². The quantitative estimate of drug-likeness (QED) is 0.834. The number of aryl methyl sites for hydroxylation is 1. The Morgan fingerprint density at radius 3 is 2.77 bits per heavy atom. The largest absolute Gasteiger partial charge is 0.342 e. The van der Waals surface area contributed by atoms with Gasteiger partial charge in [0.15, 0.2) is 0 Å². The smallest absolute Gasteiger partial charge is 0.230 e. The lowest BCUT2D eigenvalue weighted by Gasteiger charge is -2.42. The van der Waals surface area contributed by atoms with Gasteiger partial charge in [-0.2, -0.15) is 0 Å². The van der Waals surface area contributed by atoms with E-state index in [1.807, 2.05) is 23.1 Å². The number of piperidine rings is 1. The molecule has 1 aliphatic carbocycles. The molecule has 1 spiro atoms. The minimum absolute atomic E-state index is 0.165. The molecule has 0 aromatic carbocycles. The Hall–Kier alpha value is -1.91. The van der Waals surface area contributed by atoms with Crippen molar-refractivity contribution in [3.05, 3.63) is 30.1 Å². The van der Waals surface area contributed by atoms with E-state index in [0.717, 1.165) is 50.9 Å². The Kier molecular flexibility index (Phi) is 4.96. The summed E-state index contributed by atoms with van der Waals surface area (Å²) in [5, 5.41) is 0. The highest BCUT2D eigenvalue weighted by Gasteiger charge is 2.50. The van der Waals surface area contributed by atoms with Crippen LogP contribution in [0.1, 0.15) is 57.1 Å². The van der Waals surface area contributed by atoms with Crippen LogP contribution in [0.3, 0.4) is 0 Å². The molecule has 3 fully saturated rings. The molecule has 5 nitrogen and oxygen atoms in total. The first-order valence-corrected chi connectivity index (χ1v) is 10.2. The van der Waals surface area contributed by atoms with Crippen molar-refractivity contribution < 1.29 is 9.59 Å². The Balaban J connectivity index is 1.37. The molecule has 0 bridgehead atoms. The van der Waals surface area contributed by atoms with Crippen LogP contribution in [0.5, 0.6) is 0 Å². The van der Waals surface area contributed by atoms with E-state index in [2.05, 4.69) is 9.88 Å². The first-order chi connectivity index (χ1) is 12.7. The second-order valence-corrected chi connectivity index (χ2v) is 8.21. The minimum Gasteiger partial charge on any atom is -0.342 e. The maximum Gasteiger partial charge on any atom is 0.230 e. The molecule has 2 saturated heterocycles. The van der Waals surface area contributed by atoms with Crippen molar-refractivity contribution in [2.75, 3.05) is 19.6 Å². The second kappa shape index (κ2) is 7.37. The number of pyridine rings is 1. The van der Waals surface area contributed by atoms with Gasteiger partial charge < -0.3 is 9.80 Å². The van der Waals surface area contributed by atoms with Crippen LogP contribution in [0.15, 0.2) is 24.4 Å². The van der Waals surface area contributed by atoms with Crippen LogP contribution < -0.4 is 0 Å². The van der Waals surface area contributed by atoms with E-state index < -0.39 is 0 Å². The average Bonchev–Trinajstić information content (AvgIpc) is 3.34. The Labute approximate surface area is 155 Å². The van der Waals surface area contributed by atoms with E-state index in [1.54, 1.807) is 6.20 Å². The fourth-order valence-electron chi connectivity index (χ4n) is 5.07. The molecule has 140 valence electrons. The van der Waals surface area contributed by atoms with Crippen molar-refractivity contribution in [2.45, 2.75) is 63.8 Å². The third-order valence-corrected chi connectivity index (χ3v) is 6.56. The number of amides is 2. The molecule has 1 aromatic rings. The average molecular weight is 355 g/mol. The van der Waals surface area contributed by atoms with E-state index in [0.29, 0.717) is 31.3 Å². The standard InChI is InChI=1S/C21H29N3O2/c25-19(10-9-17-6-3-4-13-22-17)23-15-12-21(16-23)11-5-14-24(20(21)26)18-7-1-2-8-18/h3-4,6,13,18H,1-2,5,7-12,14-16H2/t21-/m0/s1. The zero-order valence-electron chi connectivity index (χ0n) is 15.5. The van der Waals surface area contributed by atoms with Crippen molar-refractivity contribution in [1.82, 2.24) is 14.8 Å². The summed E-state index contributed by atoms with van der Waals surface area (Å²) in [6, 6.07) is 6.26. The predicted octanol–water partition coefficient (Wildman–Crippen LogP) is 2.80. The molecule has 26 heavy (non-hydrogen) atoms. The zero-order chi connectivity index (χ0) is 18.0. The monoisotopic (exact) mass is 355 g/mol.